The zero-order valence-corrected chi connectivity index (χ0v) is 12.8. The fraction of sp³-hybridized carbons (Fsp3) is 0.562. The van der Waals surface area contributed by atoms with Crippen molar-refractivity contribution in [3.8, 4) is 0 Å². The quantitative estimate of drug-likeness (QED) is 0.900. The second-order valence-corrected chi connectivity index (χ2v) is 6.82. The van der Waals surface area contributed by atoms with Gasteiger partial charge >= 0.3 is 0 Å². The van der Waals surface area contributed by atoms with Gasteiger partial charge in [-0.3, -0.25) is 4.79 Å². The van der Waals surface area contributed by atoms with Crippen molar-refractivity contribution in [3.05, 3.63) is 24.0 Å². The first-order valence-electron chi connectivity index (χ1n) is 7.90. The summed E-state index contributed by atoms with van der Waals surface area (Å²) in [5.74, 6) is 0.554. The molecule has 2 N–H and O–H groups in total. The van der Waals surface area contributed by atoms with Crippen LogP contribution in [0.15, 0.2) is 18.5 Å². The lowest BCUT2D eigenvalue weighted by molar-refractivity contribution is -0.131. The van der Waals surface area contributed by atoms with E-state index in [1.54, 1.807) is 17.1 Å². The van der Waals surface area contributed by atoms with Crippen LogP contribution in [0.2, 0.25) is 0 Å². The summed E-state index contributed by atoms with van der Waals surface area (Å²) in [6.07, 6.45) is 6.95. The molecule has 1 saturated carbocycles. The molecule has 116 valence electrons. The number of amides is 1. The molecule has 4 rings (SSSR count). The van der Waals surface area contributed by atoms with E-state index in [1.165, 1.54) is 6.42 Å². The summed E-state index contributed by atoms with van der Waals surface area (Å²) >= 11 is 0. The van der Waals surface area contributed by atoms with Gasteiger partial charge in [-0.05, 0) is 37.3 Å². The van der Waals surface area contributed by atoms with E-state index in [1.807, 2.05) is 17.9 Å². The number of aromatic nitrogens is 3. The molecule has 6 heteroatoms. The maximum Gasteiger partial charge on any atom is 0.244 e. The number of likely N-dealkylation sites (tertiary alicyclic amines) is 1. The standard InChI is InChI=1S/C16H21N5O/c1-11-5-12-7-19-21(15(12)18-6-11)9-14(22)20-8-13-3-2-4-16(13,17)10-20/h5-7,13H,2-4,8-10,17H2,1H3. The Morgan fingerprint density at radius 1 is 1.50 bits per heavy atom. The van der Waals surface area contributed by atoms with Crippen LogP contribution in [-0.4, -0.2) is 44.2 Å². The number of aryl methyl sites for hydroxylation is 1. The molecule has 2 atom stereocenters. The van der Waals surface area contributed by atoms with E-state index in [-0.39, 0.29) is 18.0 Å². The van der Waals surface area contributed by atoms with Crippen molar-refractivity contribution in [2.75, 3.05) is 13.1 Å². The van der Waals surface area contributed by atoms with Gasteiger partial charge in [0.1, 0.15) is 6.54 Å². The summed E-state index contributed by atoms with van der Waals surface area (Å²) in [6, 6.07) is 2.03. The molecule has 0 bridgehead atoms. The predicted octanol–water partition coefficient (Wildman–Crippen LogP) is 1.08. The van der Waals surface area contributed by atoms with Crippen LogP contribution >= 0.6 is 0 Å². The molecule has 6 nitrogen and oxygen atoms in total. The van der Waals surface area contributed by atoms with Crippen LogP contribution in [0.4, 0.5) is 0 Å². The summed E-state index contributed by atoms with van der Waals surface area (Å²) in [5.41, 5.74) is 8.15. The minimum atomic E-state index is -0.156. The highest BCUT2D eigenvalue weighted by molar-refractivity contribution is 5.80. The van der Waals surface area contributed by atoms with Crippen LogP contribution in [0, 0.1) is 12.8 Å². The topological polar surface area (TPSA) is 77.0 Å². The zero-order chi connectivity index (χ0) is 15.3. The third-order valence-electron chi connectivity index (χ3n) is 5.18. The van der Waals surface area contributed by atoms with Crippen molar-refractivity contribution in [3.63, 3.8) is 0 Å². The third-order valence-corrected chi connectivity index (χ3v) is 5.18. The molecule has 2 aromatic heterocycles. The van der Waals surface area contributed by atoms with Gasteiger partial charge in [-0.1, -0.05) is 6.42 Å². The summed E-state index contributed by atoms with van der Waals surface area (Å²) in [6.45, 7) is 3.71. The fourth-order valence-corrected chi connectivity index (χ4v) is 3.95. The van der Waals surface area contributed by atoms with E-state index in [9.17, 15) is 4.79 Å². The molecule has 0 radical (unpaired) electrons. The van der Waals surface area contributed by atoms with Gasteiger partial charge in [0.2, 0.25) is 5.91 Å². The smallest absolute Gasteiger partial charge is 0.244 e. The molecule has 1 aliphatic heterocycles. The lowest BCUT2D eigenvalue weighted by Gasteiger charge is -2.23. The van der Waals surface area contributed by atoms with Gasteiger partial charge < -0.3 is 10.6 Å². The molecule has 1 aliphatic carbocycles. The molecule has 2 fully saturated rings. The molecule has 0 aromatic carbocycles. The minimum absolute atomic E-state index is 0.0894. The molecule has 2 aliphatic rings. The average molecular weight is 299 g/mol. The summed E-state index contributed by atoms with van der Waals surface area (Å²) in [7, 11) is 0. The number of hydrogen-bond donors (Lipinski definition) is 1. The summed E-state index contributed by atoms with van der Waals surface area (Å²) in [4.78, 5) is 18.9. The van der Waals surface area contributed by atoms with E-state index in [0.717, 1.165) is 36.0 Å². The number of carbonyl (C=O) groups is 1. The lowest BCUT2D eigenvalue weighted by Crippen LogP contribution is -2.45. The Hall–Kier alpha value is -1.95. The highest BCUT2D eigenvalue weighted by Crippen LogP contribution is 2.39. The Kier molecular flexibility index (Phi) is 2.97. The molecule has 2 unspecified atom stereocenters. The van der Waals surface area contributed by atoms with Crippen molar-refractivity contribution in [1.29, 1.82) is 0 Å². The van der Waals surface area contributed by atoms with Crippen LogP contribution in [-0.2, 0) is 11.3 Å². The molecule has 22 heavy (non-hydrogen) atoms. The Labute approximate surface area is 129 Å². The second-order valence-electron chi connectivity index (χ2n) is 6.82. The Morgan fingerprint density at radius 2 is 2.36 bits per heavy atom. The van der Waals surface area contributed by atoms with Gasteiger partial charge in [0, 0.05) is 30.2 Å². The molecular formula is C16H21N5O. The van der Waals surface area contributed by atoms with E-state index in [4.69, 9.17) is 5.73 Å². The van der Waals surface area contributed by atoms with Crippen LogP contribution in [0.25, 0.3) is 11.0 Å². The van der Waals surface area contributed by atoms with Crippen LogP contribution in [0.5, 0.6) is 0 Å². The molecule has 1 saturated heterocycles. The average Bonchev–Trinajstić information content (AvgIpc) is 3.10. The van der Waals surface area contributed by atoms with E-state index >= 15 is 0 Å². The van der Waals surface area contributed by atoms with Crippen molar-refractivity contribution in [2.45, 2.75) is 38.3 Å². The first-order chi connectivity index (χ1) is 10.5. The van der Waals surface area contributed by atoms with Gasteiger partial charge in [0.15, 0.2) is 5.65 Å². The predicted molar refractivity (Wildman–Crippen MR) is 83.1 cm³/mol. The number of carbonyl (C=O) groups excluding carboxylic acids is 1. The van der Waals surface area contributed by atoms with Crippen molar-refractivity contribution in [1.82, 2.24) is 19.7 Å². The first kappa shape index (κ1) is 13.7. The second kappa shape index (κ2) is 4.78. The number of fused-ring (bicyclic) bond motifs is 2. The van der Waals surface area contributed by atoms with Gasteiger partial charge in [-0.2, -0.15) is 5.10 Å². The van der Waals surface area contributed by atoms with Gasteiger partial charge in [-0.15, -0.1) is 0 Å². The van der Waals surface area contributed by atoms with Crippen LogP contribution in [0.1, 0.15) is 24.8 Å². The van der Waals surface area contributed by atoms with E-state index in [2.05, 4.69) is 10.1 Å². The maximum absolute atomic E-state index is 12.6. The van der Waals surface area contributed by atoms with E-state index < -0.39 is 0 Å². The first-order valence-corrected chi connectivity index (χ1v) is 7.90. The molecule has 2 aromatic rings. The largest absolute Gasteiger partial charge is 0.339 e. The van der Waals surface area contributed by atoms with Crippen molar-refractivity contribution in [2.24, 2.45) is 11.7 Å². The van der Waals surface area contributed by atoms with Gasteiger partial charge in [-0.25, -0.2) is 9.67 Å². The van der Waals surface area contributed by atoms with E-state index in [0.29, 0.717) is 12.5 Å². The van der Waals surface area contributed by atoms with Crippen molar-refractivity contribution >= 4 is 16.9 Å². The third kappa shape index (κ3) is 2.09. The maximum atomic E-state index is 12.6. The van der Waals surface area contributed by atoms with Gasteiger partial charge in [0.25, 0.3) is 0 Å². The Balaban J connectivity index is 1.52. The van der Waals surface area contributed by atoms with Crippen LogP contribution in [0.3, 0.4) is 0 Å². The number of nitrogens with two attached hydrogens (primary N) is 1. The SMILES string of the molecule is Cc1cnc2c(cnn2CC(=O)N2CC3CCCC3(N)C2)c1. The van der Waals surface area contributed by atoms with Gasteiger partial charge in [0.05, 0.1) is 6.20 Å². The number of nitrogens with zero attached hydrogens (tertiary/aromatic N) is 4. The monoisotopic (exact) mass is 299 g/mol. The molecule has 0 spiro atoms. The normalized spacial score (nSPS) is 27.5. The Bertz CT molecular complexity index is 739. The number of pyridine rings is 1. The summed E-state index contributed by atoms with van der Waals surface area (Å²) in [5, 5.41) is 5.29. The van der Waals surface area contributed by atoms with Crippen LogP contribution < -0.4 is 5.73 Å². The number of rotatable bonds is 2. The summed E-state index contributed by atoms with van der Waals surface area (Å²) < 4.78 is 1.69. The minimum Gasteiger partial charge on any atom is -0.339 e. The number of hydrogen-bond acceptors (Lipinski definition) is 4. The van der Waals surface area contributed by atoms with Crippen molar-refractivity contribution < 1.29 is 4.79 Å². The molecular weight excluding hydrogens is 278 g/mol. The zero-order valence-electron chi connectivity index (χ0n) is 12.8. The lowest BCUT2D eigenvalue weighted by atomic mass is 9.92. The molecule has 3 heterocycles. The highest BCUT2D eigenvalue weighted by Gasteiger charge is 2.47. The Morgan fingerprint density at radius 3 is 3.18 bits per heavy atom. The highest BCUT2D eigenvalue weighted by atomic mass is 16.2. The fourth-order valence-electron chi connectivity index (χ4n) is 3.95. The molecule has 1 amide bonds.